The minimum Gasteiger partial charge on any atom is -0.389 e. The molecule has 0 aliphatic carbocycles. The second-order valence-electron chi connectivity index (χ2n) is 5.10. The van der Waals surface area contributed by atoms with Crippen LogP contribution in [0.15, 0.2) is 34.9 Å². The zero-order valence-electron chi connectivity index (χ0n) is 11.0. The summed E-state index contributed by atoms with van der Waals surface area (Å²) in [6, 6.07) is 9.95. The fraction of sp³-hybridized carbons (Fsp3) is 0.429. The molecule has 0 spiro atoms. The van der Waals surface area contributed by atoms with E-state index in [4.69, 9.17) is 4.52 Å². The Morgan fingerprint density at radius 2 is 1.85 bits per heavy atom. The largest absolute Gasteiger partial charge is 0.389 e. The molecule has 2 aromatic rings. The smallest absolute Gasteiger partial charge is 0.240 e. The van der Waals surface area contributed by atoms with Gasteiger partial charge in [-0.2, -0.15) is 4.98 Å². The molecule has 2 heterocycles. The monoisotopic (exact) mass is 275 g/mol. The van der Waals surface area contributed by atoms with Crippen LogP contribution in [0.4, 0.5) is 0 Å². The fourth-order valence-electron chi connectivity index (χ4n) is 2.37. The molecule has 0 amide bonds. The predicted molar refractivity (Wildman–Crippen MR) is 70.8 cm³/mol. The standard InChI is InChI=1S/C14H17N3O3/c18-11-7-17(8-12(11)19)9-14-15-13(16-20-14)6-10-4-2-1-3-5-10/h1-5,11-12,18-19H,6-9H2/t11-,12+. The number of nitrogens with zero attached hydrogens (tertiary/aromatic N) is 3. The number of aromatic nitrogens is 2. The number of aliphatic hydroxyl groups is 2. The molecule has 1 aliphatic heterocycles. The molecule has 106 valence electrons. The van der Waals surface area contributed by atoms with Gasteiger partial charge < -0.3 is 14.7 Å². The van der Waals surface area contributed by atoms with Gasteiger partial charge in [0.1, 0.15) is 0 Å². The summed E-state index contributed by atoms with van der Waals surface area (Å²) in [5.41, 5.74) is 1.13. The molecule has 2 N–H and O–H groups in total. The van der Waals surface area contributed by atoms with Crippen LogP contribution in [0, 0.1) is 0 Å². The second kappa shape index (κ2) is 5.70. The van der Waals surface area contributed by atoms with Crippen molar-refractivity contribution in [3.63, 3.8) is 0 Å². The van der Waals surface area contributed by atoms with Crippen LogP contribution in [-0.2, 0) is 13.0 Å². The SMILES string of the molecule is O[C@@H]1CN(Cc2nc(Cc3ccccc3)no2)C[C@@H]1O. The second-order valence-corrected chi connectivity index (χ2v) is 5.10. The fourth-order valence-corrected chi connectivity index (χ4v) is 2.37. The predicted octanol–water partition coefficient (Wildman–Crippen LogP) is 0.198. The summed E-state index contributed by atoms with van der Waals surface area (Å²) < 4.78 is 5.20. The van der Waals surface area contributed by atoms with Gasteiger partial charge in [-0.1, -0.05) is 35.5 Å². The van der Waals surface area contributed by atoms with E-state index in [0.717, 1.165) is 5.56 Å². The van der Waals surface area contributed by atoms with Crippen LogP contribution in [0.2, 0.25) is 0 Å². The third-order valence-corrected chi connectivity index (χ3v) is 3.41. The van der Waals surface area contributed by atoms with E-state index in [1.54, 1.807) is 0 Å². The zero-order chi connectivity index (χ0) is 13.9. The summed E-state index contributed by atoms with van der Waals surface area (Å²) in [6.07, 6.45) is -0.751. The molecule has 1 aromatic heterocycles. The molecule has 6 heteroatoms. The van der Waals surface area contributed by atoms with E-state index in [1.807, 2.05) is 35.2 Å². The molecular weight excluding hydrogens is 258 g/mol. The van der Waals surface area contributed by atoms with Crippen molar-refractivity contribution in [1.82, 2.24) is 15.0 Å². The molecule has 1 aromatic carbocycles. The lowest BCUT2D eigenvalue weighted by atomic mass is 10.1. The van der Waals surface area contributed by atoms with Crippen molar-refractivity contribution < 1.29 is 14.7 Å². The van der Waals surface area contributed by atoms with Crippen LogP contribution < -0.4 is 0 Å². The quantitative estimate of drug-likeness (QED) is 0.829. The third kappa shape index (κ3) is 3.04. The molecule has 3 rings (SSSR count). The Kier molecular flexibility index (Phi) is 3.77. The average Bonchev–Trinajstić information content (AvgIpc) is 2.99. The van der Waals surface area contributed by atoms with E-state index in [2.05, 4.69) is 10.1 Å². The molecule has 1 saturated heterocycles. The maximum atomic E-state index is 9.49. The molecule has 0 saturated carbocycles. The van der Waals surface area contributed by atoms with Gasteiger partial charge in [-0.15, -0.1) is 0 Å². The minimum absolute atomic E-state index is 0.428. The Hall–Kier alpha value is -1.76. The number of benzene rings is 1. The van der Waals surface area contributed by atoms with Gasteiger partial charge >= 0.3 is 0 Å². The molecule has 0 bridgehead atoms. The van der Waals surface area contributed by atoms with Gasteiger partial charge in [-0.25, -0.2) is 0 Å². The Labute approximate surface area is 116 Å². The molecule has 1 aliphatic rings. The summed E-state index contributed by atoms with van der Waals surface area (Å²) in [4.78, 5) is 6.23. The number of hydrogen-bond donors (Lipinski definition) is 2. The van der Waals surface area contributed by atoms with E-state index in [9.17, 15) is 10.2 Å². The highest BCUT2D eigenvalue weighted by Gasteiger charge is 2.30. The first kappa shape index (κ1) is 13.2. The Balaban J connectivity index is 1.60. The van der Waals surface area contributed by atoms with E-state index in [0.29, 0.717) is 37.8 Å². The minimum atomic E-state index is -0.693. The van der Waals surface area contributed by atoms with E-state index in [1.165, 1.54) is 0 Å². The number of aliphatic hydroxyl groups excluding tert-OH is 2. The molecule has 0 radical (unpaired) electrons. The molecule has 0 unspecified atom stereocenters. The molecule has 20 heavy (non-hydrogen) atoms. The molecular formula is C14H17N3O3. The number of β-amino-alcohol motifs (C(OH)–C–C–N with tert-alkyl or cyclic N) is 2. The van der Waals surface area contributed by atoms with Gasteiger partial charge in [0.05, 0.1) is 18.8 Å². The van der Waals surface area contributed by atoms with Gasteiger partial charge in [0.15, 0.2) is 5.82 Å². The van der Waals surface area contributed by atoms with Crippen molar-refractivity contribution in [2.24, 2.45) is 0 Å². The van der Waals surface area contributed by atoms with Crippen molar-refractivity contribution in [3.8, 4) is 0 Å². The topological polar surface area (TPSA) is 82.6 Å². The molecule has 6 nitrogen and oxygen atoms in total. The average molecular weight is 275 g/mol. The number of likely N-dealkylation sites (tertiary alicyclic amines) is 1. The summed E-state index contributed by atoms with van der Waals surface area (Å²) in [6.45, 7) is 1.31. The lowest BCUT2D eigenvalue weighted by molar-refractivity contribution is 0.0572. The van der Waals surface area contributed by atoms with Gasteiger partial charge in [-0.3, -0.25) is 4.90 Å². The van der Waals surface area contributed by atoms with Crippen LogP contribution >= 0.6 is 0 Å². The van der Waals surface area contributed by atoms with E-state index >= 15 is 0 Å². The first-order valence-electron chi connectivity index (χ1n) is 6.64. The third-order valence-electron chi connectivity index (χ3n) is 3.41. The van der Waals surface area contributed by atoms with Gasteiger partial charge in [0.2, 0.25) is 5.89 Å². The van der Waals surface area contributed by atoms with Gasteiger partial charge in [0, 0.05) is 19.5 Å². The van der Waals surface area contributed by atoms with Crippen LogP contribution in [0.5, 0.6) is 0 Å². The summed E-state index contributed by atoms with van der Waals surface area (Å²) in [5, 5.41) is 22.9. The first-order chi connectivity index (χ1) is 9.70. The maximum absolute atomic E-state index is 9.49. The maximum Gasteiger partial charge on any atom is 0.240 e. The Bertz CT molecular complexity index is 548. The highest BCUT2D eigenvalue weighted by Crippen LogP contribution is 2.14. The first-order valence-corrected chi connectivity index (χ1v) is 6.64. The van der Waals surface area contributed by atoms with Crippen molar-refractivity contribution in [3.05, 3.63) is 47.6 Å². The van der Waals surface area contributed by atoms with Gasteiger partial charge in [-0.05, 0) is 5.56 Å². The van der Waals surface area contributed by atoms with E-state index in [-0.39, 0.29) is 0 Å². The molecule has 1 fully saturated rings. The van der Waals surface area contributed by atoms with Crippen LogP contribution in [-0.4, -0.2) is 50.6 Å². The Morgan fingerprint density at radius 3 is 2.55 bits per heavy atom. The highest BCUT2D eigenvalue weighted by molar-refractivity contribution is 5.18. The van der Waals surface area contributed by atoms with Gasteiger partial charge in [0.25, 0.3) is 0 Å². The lowest BCUT2D eigenvalue weighted by Gasteiger charge is -2.10. The van der Waals surface area contributed by atoms with Crippen LogP contribution in [0.1, 0.15) is 17.3 Å². The van der Waals surface area contributed by atoms with Crippen molar-refractivity contribution in [1.29, 1.82) is 0 Å². The summed E-state index contributed by atoms with van der Waals surface area (Å²) in [7, 11) is 0. The Morgan fingerprint density at radius 1 is 1.15 bits per heavy atom. The normalized spacial score (nSPS) is 23.3. The zero-order valence-corrected chi connectivity index (χ0v) is 11.0. The summed E-state index contributed by atoms with van der Waals surface area (Å²) in [5.74, 6) is 1.16. The van der Waals surface area contributed by atoms with E-state index < -0.39 is 12.2 Å². The summed E-state index contributed by atoms with van der Waals surface area (Å²) >= 11 is 0. The highest BCUT2D eigenvalue weighted by atomic mass is 16.5. The lowest BCUT2D eigenvalue weighted by Crippen LogP contribution is -2.22. The number of hydrogen-bond acceptors (Lipinski definition) is 6. The van der Waals surface area contributed by atoms with Crippen LogP contribution in [0.3, 0.4) is 0 Å². The van der Waals surface area contributed by atoms with Crippen molar-refractivity contribution in [2.45, 2.75) is 25.2 Å². The van der Waals surface area contributed by atoms with Crippen molar-refractivity contribution in [2.75, 3.05) is 13.1 Å². The number of rotatable bonds is 4. The van der Waals surface area contributed by atoms with Crippen molar-refractivity contribution >= 4 is 0 Å². The van der Waals surface area contributed by atoms with Crippen LogP contribution in [0.25, 0.3) is 0 Å². The molecule has 2 atom stereocenters.